The average molecular weight is 149 g/mol. The standard InChI is InChI=1S/C6H13NO2.H2O/c1-4(2)3-5(7)6(8)9;/h4-5H,3,7H2,1-2H3,(H,8,9);1H2. The maximum Gasteiger partial charge on any atom is 0.320 e. The zero-order chi connectivity index (χ0) is 7.44. The van der Waals surface area contributed by atoms with Gasteiger partial charge in [-0.1, -0.05) is 13.8 Å². The van der Waals surface area contributed by atoms with Crippen molar-refractivity contribution in [3.8, 4) is 0 Å². The van der Waals surface area contributed by atoms with E-state index in [9.17, 15) is 4.79 Å². The van der Waals surface area contributed by atoms with Gasteiger partial charge in [0.05, 0.1) is 0 Å². The second-order valence-electron chi connectivity index (χ2n) is 2.57. The van der Waals surface area contributed by atoms with Crippen molar-refractivity contribution in [2.45, 2.75) is 26.3 Å². The number of carboxylic acid groups (broad SMARTS) is 1. The van der Waals surface area contributed by atoms with Gasteiger partial charge in [-0.25, -0.2) is 0 Å². The van der Waals surface area contributed by atoms with Crippen LogP contribution in [0.3, 0.4) is 0 Å². The number of hydrogen-bond acceptors (Lipinski definition) is 2. The molecule has 0 heterocycles. The smallest absolute Gasteiger partial charge is 0.320 e. The van der Waals surface area contributed by atoms with Crippen molar-refractivity contribution in [3.05, 3.63) is 0 Å². The molecule has 4 heteroatoms. The van der Waals surface area contributed by atoms with Crippen LogP contribution in [0.4, 0.5) is 0 Å². The van der Waals surface area contributed by atoms with Gasteiger partial charge in [-0.15, -0.1) is 0 Å². The first kappa shape index (κ1) is 12.1. The molecular weight excluding hydrogens is 134 g/mol. The second-order valence-corrected chi connectivity index (χ2v) is 2.57. The van der Waals surface area contributed by atoms with Crippen molar-refractivity contribution >= 4 is 5.97 Å². The molecule has 0 amide bonds. The Bertz CT molecular complexity index is 103. The molecule has 1 unspecified atom stereocenters. The van der Waals surface area contributed by atoms with Crippen LogP contribution >= 0.6 is 0 Å². The van der Waals surface area contributed by atoms with E-state index >= 15 is 0 Å². The summed E-state index contributed by atoms with van der Waals surface area (Å²) in [5.41, 5.74) is 5.22. The summed E-state index contributed by atoms with van der Waals surface area (Å²) in [6.45, 7) is 3.89. The summed E-state index contributed by atoms with van der Waals surface area (Å²) in [5.74, 6) is -0.556. The van der Waals surface area contributed by atoms with E-state index in [0.29, 0.717) is 12.3 Å². The third kappa shape index (κ3) is 5.53. The predicted molar refractivity (Wildman–Crippen MR) is 38.7 cm³/mol. The third-order valence-corrected chi connectivity index (χ3v) is 1.04. The Morgan fingerprint density at radius 2 is 2.00 bits per heavy atom. The molecule has 0 aromatic heterocycles. The lowest BCUT2D eigenvalue weighted by atomic mass is 10.1. The molecule has 0 aromatic rings. The SMILES string of the molecule is CC(C)CC(N)C(=O)O.O. The molecule has 1 atom stereocenters. The Kier molecular flexibility index (Phi) is 6.29. The maximum atomic E-state index is 10.1. The topological polar surface area (TPSA) is 94.8 Å². The highest BCUT2D eigenvalue weighted by molar-refractivity contribution is 5.72. The summed E-state index contributed by atoms with van der Waals surface area (Å²) in [6, 6.07) is -0.690. The summed E-state index contributed by atoms with van der Waals surface area (Å²) in [4.78, 5) is 10.1. The number of hydrogen-bond donors (Lipinski definition) is 2. The van der Waals surface area contributed by atoms with E-state index in [2.05, 4.69) is 0 Å². The van der Waals surface area contributed by atoms with Gasteiger partial charge >= 0.3 is 5.97 Å². The average Bonchev–Trinajstić information content (AvgIpc) is 1.63. The Morgan fingerprint density at radius 1 is 1.60 bits per heavy atom. The minimum atomic E-state index is -0.913. The number of carbonyl (C=O) groups is 1. The first-order chi connectivity index (χ1) is 4.04. The van der Waals surface area contributed by atoms with Crippen molar-refractivity contribution in [2.24, 2.45) is 11.7 Å². The normalized spacial score (nSPS) is 12.4. The molecule has 0 aromatic carbocycles. The lowest BCUT2D eigenvalue weighted by Crippen LogP contribution is -2.31. The summed E-state index contributed by atoms with van der Waals surface area (Å²) in [6.07, 6.45) is 0.551. The second kappa shape index (κ2) is 5.20. The zero-order valence-electron chi connectivity index (χ0n) is 6.29. The minimum absolute atomic E-state index is 0. The van der Waals surface area contributed by atoms with E-state index in [1.807, 2.05) is 13.8 Å². The fourth-order valence-corrected chi connectivity index (χ4v) is 0.609. The van der Waals surface area contributed by atoms with Gasteiger partial charge in [-0.2, -0.15) is 0 Å². The number of nitrogens with two attached hydrogens (primary N) is 1. The summed E-state index contributed by atoms with van der Waals surface area (Å²) in [7, 11) is 0. The Balaban J connectivity index is 0. The highest BCUT2D eigenvalue weighted by Crippen LogP contribution is 2.01. The molecule has 4 nitrogen and oxygen atoms in total. The van der Waals surface area contributed by atoms with Crippen LogP contribution in [0.1, 0.15) is 20.3 Å². The first-order valence-corrected chi connectivity index (χ1v) is 3.02. The van der Waals surface area contributed by atoms with Gasteiger partial charge in [0.25, 0.3) is 0 Å². The van der Waals surface area contributed by atoms with Gasteiger partial charge in [-0.3, -0.25) is 4.79 Å². The van der Waals surface area contributed by atoms with Crippen LogP contribution in [0.5, 0.6) is 0 Å². The summed E-state index contributed by atoms with van der Waals surface area (Å²) < 4.78 is 0. The molecule has 0 bridgehead atoms. The highest BCUT2D eigenvalue weighted by atomic mass is 16.4. The fraction of sp³-hybridized carbons (Fsp3) is 0.833. The van der Waals surface area contributed by atoms with Crippen LogP contribution in [-0.2, 0) is 4.79 Å². The molecule has 62 valence electrons. The van der Waals surface area contributed by atoms with Crippen molar-refractivity contribution in [1.29, 1.82) is 0 Å². The van der Waals surface area contributed by atoms with E-state index in [0.717, 1.165) is 0 Å². The van der Waals surface area contributed by atoms with Crippen LogP contribution in [0, 0.1) is 5.92 Å². The van der Waals surface area contributed by atoms with Gasteiger partial charge in [0.2, 0.25) is 0 Å². The molecule has 0 aliphatic heterocycles. The molecule has 0 saturated heterocycles. The van der Waals surface area contributed by atoms with Gasteiger partial charge in [-0.05, 0) is 12.3 Å². The molecular formula is C6H15NO3. The molecule has 0 rings (SSSR count). The quantitative estimate of drug-likeness (QED) is 0.572. The van der Waals surface area contributed by atoms with E-state index in [-0.39, 0.29) is 5.48 Å². The van der Waals surface area contributed by atoms with Gasteiger partial charge in [0.1, 0.15) is 6.04 Å². The fourth-order valence-electron chi connectivity index (χ4n) is 0.609. The Hall–Kier alpha value is -0.610. The third-order valence-electron chi connectivity index (χ3n) is 1.04. The van der Waals surface area contributed by atoms with Crippen molar-refractivity contribution < 1.29 is 15.4 Å². The van der Waals surface area contributed by atoms with Gasteiger partial charge in [0, 0.05) is 0 Å². The minimum Gasteiger partial charge on any atom is -0.480 e. The van der Waals surface area contributed by atoms with Gasteiger partial charge in [0.15, 0.2) is 0 Å². The van der Waals surface area contributed by atoms with E-state index in [1.54, 1.807) is 0 Å². The molecule has 0 fully saturated rings. The van der Waals surface area contributed by atoms with Crippen molar-refractivity contribution in [3.63, 3.8) is 0 Å². The van der Waals surface area contributed by atoms with E-state index in [1.165, 1.54) is 0 Å². The lowest BCUT2D eigenvalue weighted by Gasteiger charge is -2.07. The van der Waals surface area contributed by atoms with Crippen LogP contribution in [0.2, 0.25) is 0 Å². The van der Waals surface area contributed by atoms with Crippen LogP contribution in [0.15, 0.2) is 0 Å². The number of aliphatic carboxylic acids is 1. The molecule has 5 N–H and O–H groups in total. The number of carboxylic acids is 1. The molecule has 0 saturated carbocycles. The monoisotopic (exact) mass is 149 g/mol. The van der Waals surface area contributed by atoms with Crippen LogP contribution in [0.25, 0.3) is 0 Å². The molecule has 0 aliphatic carbocycles. The van der Waals surface area contributed by atoms with E-state index in [4.69, 9.17) is 10.8 Å². The Labute approximate surface area is 60.3 Å². The summed E-state index contributed by atoms with van der Waals surface area (Å²) >= 11 is 0. The van der Waals surface area contributed by atoms with E-state index < -0.39 is 12.0 Å². The molecule has 0 spiro atoms. The molecule has 10 heavy (non-hydrogen) atoms. The first-order valence-electron chi connectivity index (χ1n) is 3.02. The zero-order valence-corrected chi connectivity index (χ0v) is 6.29. The number of rotatable bonds is 3. The summed E-state index contributed by atoms with van der Waals surface area (Å²) in [5, 5.41) is 8.31. The lowest BCUT2D eigenvalue weighted by molar-refractivity contribution is -0.138. The van der Waals surface area contributed by atoms with Crippen LogP contribution in [-0.4, -0.2) is 22.6 Å². The maximum absolute atomic E-state index is 10.1. The van der Waals surface area contributed by atoms with Gasteiger partial charge < -0.3 is 16.3 Å². The molecule has 0 aliphatic rings. The predicted octanol–water partition coefficient (Wildman–Crippen LogP) is -0.380. The Morgan fingerprint density at radius 3 is 2.10 bits per heavy atom. The van der Waals surface area contributed by atoms with Crippen LogP contribution < -0.4 is 5.73 Å². The highest BCUT2D eigenvalue weighted by Gasteiger charge is 2.11. The van der Waals surface area contributed by atoms with Crippen molar-refractivity contribution in [1.82, 2.24) is 0 Å². The van der Waals surface area contributed by atoms with Crippen molar-refractivity contribution in [2.75, 3.05) is 0 Å². The molecule has 0 radical (unpaired) electrons. The largest absolute Gasteiger partial charge is 0.480 e.